The average Bonchev–Trinajstić information content (AvgIpc) is 2.50. The molecule has 4 unspecified atom stereocenters. The highest BCUT2D eigenvalue weighted by molar-refractivity contribution is 9.10. The molecule has 4 heteroatoms. The molecule has 15 heavy (non-hydrogen) atoms. The second-order valence-corrected chi connectivity index (χ2v) is 5.70. The average molecular weight is 276 g/mol. The van der Waals surface area contributed by atoms with Crippen LogP contribution in [-0.2, 0) is 9.53 Å². The molecule has 0 aromatic rings. The Morgan fingerprint density at radius 1 is 1.47 bits per heavy atom. The maximum absolute atomic E-state index is 12.0. The van der Waals surface area contributed by atoms with Gasteiger partial charge < -0.3 is 9.64 Å². The van der Waals surface area contributed by atoms with Crippen LogP contribution in [0.5, 0.6) is 0 Å². The van der Waals surface area contributed by atoms with Gasteiger partial charge in [0.1, 0.15) is 0 Å². The van der Waals surface area contributed by atoms with E-state index >= 15 is 0 Å². The van der Waals surface area contributed by atoms with Crippen LogP contribution in [0.3, 0.4) is 0 Å². The molecule has 0 aromatic carbocycles. The summed E-state index contributed by atoms with van der Waals surface area (Å²) >= 11 is 3.44. The van der Waals surface area contributed by atoms with Gasteiger partial charge in [-0.15, -0.1) is 0 Å². The summed E-state index contributed by atoms with van der Waals surface area (Å²) in [4.78, 5) is 14.0. The van der Waals surface area contributed by atoms with E-state index in [1.165, 1.54) is 0 Å². The fourth-order valence-electron chi connectivity index (χ4n) is 2.61. The first kappa shape index (κ1) is 11.4. The smallest absolute Gasteiger partial charge is 0.236 e. The summed E-state index contributed by atoms with van der Waals surface area (Å²) in [5, 5.41) is 0. The Bertz CT molecular complexity index is 259. The molecule has 0 aliphatic carbocycles. The molecule has 0 bridgehead atoms. The molecule has 0 N–H and O–H groups in total. The topological polar surface area (TPSA) is 29.5 Å². The number of amides is 1. The number of ether oxygens (including phenoxy) is 1. The van der Waals surface area contributed by atoms with Crippen LogP contribution in [-0.4, -0.2) is 40.4 Å². The number of hydrogen-bond acceptors (Lipinski definition) is 2. The number of rotatable bonds is 1. The van der Waals surface area contributed by atoms with Crippen LogP contribution in [0.4, 0.5) is 0 Å². The molecule has 3 nitrogen and oxygen atoms in total. The quantitative estimate of drug-likeness (QED) is 0.685. The lowest BCUT2D eigenvalue weighted by Gasteiger charge is -2.35. The summed E-state index contributed by atoms with van der Waals surface area (Å²) in [6.45, 7) is 5.04. The minimum atomic E-state index is 0.0226. The van der Waals surface area contributed by atoms with E-state index in [1.807, 2.05) is 4.90 Å². The Labute approximate surface area is 99.3 Å². The first-order chi connectivity index (χ1) is 7.09. The molecule has 2 fully saturated rings. The van der Waals surface area contributed by atoms with Gasteiger partial charge in [-0.3, -0.25) is 4.79 Å². The third-order valence-corrected chi connectivity index (χ3v) is 4.22. The number of halogens is 1. The van der Waals surface area contributed by atoms with Crippen LogP contribution in [0.25, 0.3) is 0 Å². The highest BCUT2D eigenvalue weighted by Gasteiger charge is 2.39. The summed E-state index contributed by atoms with van der Waals surface area (Å²) in [5.41, 5.74) is 0. The highest BCUT2D eigenvalue weighted by Crippen LogP contribution is 2.29. The number of alkyl halides is 1. The summed E-state index contributed by atoms with van der Waals surface area (Å²) < 4.78 is 5.70. The second-order valence-electron chi connectivity index (χ2n) is 4.60. The highest BCUT2D eigenvalue weighted by atomic mass is 79.9. The zero-order valence-electron chi connectivity index (χ0n) is 9.28. The van der Waals surface area contributed by atoms with Gasteiger partial charge >= 0.3 is 0 Å². The summed E-state index contributed by atoms with van der Waals surface area (Å²) in [5.74, 6) is 0.246. The Hall–Kier alpha value is -0.0900. The van der Waals surface area contributed by atoms with Crippen LogP contribution in [0.2, 0.25) is 0 Å². The predicted molar refractivity (Wildman–Crippen MR) is 62.1 cm³/mol. The van der Waals surface area contributed by atoms with E-state index in [0.29, 0.717) is 0 Å². The van der Waals surface area contributed by atoms with E-state index in [-0.39, 0.29) is 29.0 Å². The zero-order valence-corrected chi connectivity index (χ0v) is 10.9. The van der Waals surface area contributed by atoms with Gasteiger partial charge in [0, 0.05) is 6.54 Å². The molecule has 2 aliphatic heterocycles. The Morgan fingerprint density at radius 3 is 2.80 bits per heavy atom. The minimum Gasteiger partial charge on any atom is -0.373 e. The van der Waals surface area contributed by atoms with Gasteiger partial charge in [-0.25, -0.2) is 0 Å². The van der Waals surface area contributed by atoms with Crippen molar-refractivity contribution < 1.29 is 9.53 Å². The van der Waals surface area contributed by atoms with Gasteiger partial charge in [-0.1, -0.05) is 15.9 Å². The van der Waals surface area contributed by atoms with Crippen LogP contribution < -0.4 is 0 Å². The van der Waals surface area contributed by atoms with Crippen molar-refractivity contribution in [2.24, 2.45) is 0 Å². The molecule has 4 atom stereocenters. The van der Waals surface area contributed by atoms with Gasteiger partial charge in [-0.2, -0.15) is 0 Å². The molecule has 0 aromatic heterocycles. The van der Waals surface area contributed by atoms with Crippen LogP contribution in [0, 0.1) is 0 Å². The van der Waals surface area contributed by atoms with E-state index in [1.54, 1.807) is 0 Å². The summed E-state index contributed by atoms with van der Waals surface area (Å²) in [6.07, 6.45) is 3.51. The lowest BCUT2D eigenvalue weighted by molar-refractivity contribution is -0.136. The van der Waals surface area contributed by atoms with E-state index in [9.17, 15) is 4.79 Å². The van der Waals surface area contributed by atoms with Crippen LogP contribution in [0.15, 0.2) is 0 Å². The van der Waals surface area contributed by atoms with E-state index in [2.05, 4.69) is 29.8 Å². The Morgan fingerprint density at radius 2 is 2.20 bits per heavy atom. The molecular formula is C11H18BrNO2. The van der Waals surface area contributed by atoms with Crippen molar-refractivity contribution >= 4 is 21.8 Å². The number of nitrogens with zero attached hydrogens (tertiary/aromatic N) is 1. The van der Waals surface area contributed by atoms with Crippen molar-refractivity contribution in [2.45, 2.75) is 56.2 Å². The van der Waals surface area contributed by atoms with Gasteiger partial charge in [0.25, 0.3) is 0 Å². The van der Waals surface area contributed by atoms with Gasteiger partial charge in [-0.05, 0) is 33.1 Å². The van der Waals surface area contributed by atoms with Crippen LogP contribution in [0.1, 0.15) is 33.1 Å². The fourth-order valence-corrected chi connectivity index (χ4v) is 3.20. The molecular weight excluding hydrogens is 258 g/mol. The number of hydrogen-bond donors (Lipinski definition) is 0. The van der Waals surface area contributed by atoms with E-state index in [0.717, 1.165) is 25.8 Å². The van der Waals surface area contributed by atoms with Gasteiger partial charge in [0.2, 0.25) is 5.91 Å². The monoisotopic (exact) mass is 275 g/mol. The maximum atomic E-state index is 12.0. The predicted octanol–water partition coefficient (Wildman–Crippen LogP) is 1.94. The first-order valence-electron chi connectivity index (χ1n) is 5.69. The molecule has 0 spiro atoms. The molecule has 0 radical (unpaired) electrons. The number of carbonyl (C=O) groups excluding carboxylic acids is 1. The molecule has 86 valence electrons. The molecule has 0 saturated carbocycles. The second kappa shape index (κ2) is 4.42. The van der Waals surface area contributed by atoms with Crippen molar-refractivity contribution in [3.63, 3.8) is 0 Å². The zero-order chi connectivity index (χ0) is 11.0. The molecule has 1 amide bonds. The molecule has 2 aliphatic rings. The van der Waals surface area contributed by atoms with Crippen molar-refractivity contribution in [3.05, 3.63) is 0 Å². The summed E-state index contributed by atoms with van der Waals surface area (Å²) in [6, 6.07) is 0.285. The fraction of sp³-hybridized carbons (Fsp3) is 0.909. The molecule has 2 heterocycles. The normalized spacial score (nSPS) is 42.3. The minimum absolute atomic E-state index is 0.0226. The largest absolute Gasteiger partial charge is 0.373 e. The molecule has 2 saturated heterocycles. The van der Waals surface area contributed by atoms with E-state index in [4.69, 9.17) is 4.74 Å². The van der Waals surface area contributed by atoms with E-state index < -0.39 is 0 Å². The maximum Gasteiger partial charge on any atom is 0.236 e. The SMILES string of the molecule is CC1CC(N2CCCC(Br)C2=O)C(C)O1. The van der Waals surface area contributed by atoms with Crippen molar-refractivity contribution in [1.82, 2.24) is 4.90 Å². The summed E-state index contributed by atoms with van der Waals surface area (Å²) in [7, 11) is 0. The van der Waals surface area contributed by atoms with Crippen LogP contribution >= 0.6 is 15.9 Å². The Balaban J connectivity index is 2.06. The number of carbonyl (C=O) groups is 1. The lowest BCUT2D eigenvalue weighted by Crippen LogP contribution is -2.50. The third-order valence-electron chi connectivity index (χ3n) is 3.37. The third kappa shape index (κ3) is 2.21. The van der Waals surface area contributed by atoms with Crippen molar-refractivity contribution in [3.8, 4) is 0 Å². The number of piperidine rings is 1. The standard InChI is InChI=1S/C11H18BrNO2/c1-7-6-10(8(2)15-7)13-5-3-4-9(12)11(13)14/h7-10H,3-6H2,1-2H3. The van der Waals surface area contributed by atoms with Crippen molar-refractivity contribution in [2.75, 3.05) is 6.54 Å². The first-order valence-corrected chi connectivity index (χ1v) is 6.61. The number of likely N-dealkylation sites (tertiary alicyclic amines) is 1. The lowest BCUT2D eigenvalue weighted by atomic mass is 10.0. The van der Waals surface area contributed by atoms with Gasteiger partial charge in [0.05, 0.1) is 23.1 Å². The van der Waals surface area contributed by atoms with Gasteiger partial charge in [0.15, 0.2) is 0 Å². The Kier molecular flexibility index (Phi) is 3.36. The molecule has 2 rings (SSSR count). The van der Waals surface area contributed by atoms with Crippen molar-refractivity contribution in [1.29, 1.82) is 0 Å².